The lowest BCUT2D eigenvalue weighted by atomic mass is 10.1. The Hall–Kier alpha value is -2.00. The third kappa shape index (κ3) is 2.78. The van der Waals surface area contributed by atoms with Crippen molar-refractivity contribution in [1.29, 1.82) is 0 Å². The average Bonchev–Trinajstić information content (AvgIpc) is 3.17. The number of aromatic nitrogens is 1. The average molecular weight is 282 g/mol. The maximum atomic E-state index is 3.55. The molecular formula is C17H18N2S. The summed E-state index contributed by atoms with van der Waals surface area (Å²) in [6.45, 7) is 4.03. The van der Waals surface area contributed by atoms with Crippen molar-refractivity contribution in [3.05, 3.63) is 65.8 Å². The first-order valence-corrected chi connectivity index (χ1v) is 7.76. The van der Waals surface area contributed by atoms with Crippen LogP contribution in [0, 0.1) is 0 Å². The van der Waals surface area contributed by atoms with Crippen molar-refractivity contribution in [1.82, 2.24) is 4.57 Å². The van der Waals surface area contributed by atoms with E-state index in [1.807, 2.05) is 0 Å². The minimum Gasteiger partial charge on any atom is -0.380 e. The van der Waals surface area contributed by atoms with Gasteiger partial charge in [-0.2, -0.15) is 0 Å². The van der Waals surface area contributed by atoms with Gasteiger partial charge in [0.05, 0.1) is 0 Å². The van der Waals surface area contributed by atoms with E-state index in [2.05, 4.69) is 77.0 Å². The van der Waals surface area contributed by atoms with Crippen LogP contribution in [0.1, 0.15) is 12.5 Å². The van der Waals surface area contributed by atoms with Gasteiger partial charge in [0.1, 0.15) is 0 Å². The summed E-state index contributed by atoms with van der Waals surface area (Å²) in [5.41, 5.74) is 3.78. The number of aryl methyl sites for hydroxylation is 1. The molecule has 20 heavy (non-hydrogen) atoms. The highest BCUT2D eigenvalue weighted by Crippen LogP contribution is 2.31. The van der Waals surface area contributed by atoms with Crippen LogP contribution in [0.4, 0.5) is 5.69 Å². The number of thiophene rings is 1. The molecule has 0 fully saturated rings. The van der Waals surface area contributed by atoms with Gasteiger partial charge in [0.15, 0.2) is 0 Å². The van der Waals surface area contributed by atoms with E-state index in [0.717, 1.165) is 13.1 Å². The van der Waals surface area contributed by atoms with Gasteiger partial charge in [-0.25, -0.2) is 0 Å². The molecule has 2 heterocycles. The molecule has 0 bridgehead atoms. The number of hydrogen-bond donors (Lipinski definition) is 1. The van der Waals surface area contributed by atoms with E-state index in [1.54, 1.807) is 11.3 Å². The first-order chi connectivity index (χ1) is 9.86. The zero-order valence-electron chi connectivity index (χ0n) is 11.5. The van der Waals surface area contributed by atoms with Gasteiger partial charge in [0, 0.05) is 41.6 Å². The van der Waals surface area contributed by atoms with Crippen LogP contribution in [0.5, 0.6) is 0 Å². The van der Waals surface area contributed by atoms with Crippen LogP contribution in [-0.2, 0) is 13.1 Å². The van der Waals surface area contributed by atoms with Crippen LogP contribution >= 0.6 is 11.3 Å². The van der Waals surface area contributed by atoms with Gasteiger partial charge in [-0.05, 0) is 36.1 Å². The quantitative estimate of drug-likeness (QED) is 0.708. The summed E-state index contributed by atoms with van der Waals surface area (Å²) in [5.74, 6) is 0. The number of rotatable bonds is 5. The lowest BCUT2D eigenvalue weighted by molar-refractivity contribution is 0.766. The second kappa shape index (κ2) is 5.97. The predicted octanol–water partition coefficient (Wildman–Crippen LogP) is 4.85. The number of para-hydroxylation sites is 1. The molecule has 0 unspecified atom stereocenters. The van der Waals surface area contributed by atoms with Gasteiger partial charge in [0.2, 0.25) is 0 Å². The molecule has 3 aromatic rings. The molecule has 0 amide bonds. The Morgan fingerprint density at radius 1 is 1.10 bits per heavy atom. The van der Waals surface area contributed by atoms with Gasteiger partial charge < -0.3 is 9.88 Å². The molecule has 0 aliphatic heterocycles. The van der Waals surface area contributed by atoms with E-state index in [9.17, 15) is 0 Å². The van der Waals surface area contributed by atoms with Crippen molar-refractivity contribution in [2.24, 2.45) is 0 Å². The molecule has 0 atom stereocenters. The summed E-state index contributed by atoms with van der Waals surface area (Å²) >= 11 is 1.78. The number of benzene rings is 1. The van der Waals surface area contributed by atoms with Crippen LogP contribution in [0.2, 0.25) is 0 Å². The maximum absolute atomic E-state index is 3.55. The minimum absolute atomic E-state index is 0.857. The smallest absolute Gasteiger partial charge is 0.0430 e. The Balaban J connectivity index is 1.77. The lowest BCUT2D eigenvalue weighted by Crippen LogP contribution is -2.00. The summed E-state index contributed by atoms with van der Waals surface area (Å²) in [5, 5.41) is 5.67. The summed E-state index contributed by atoms with van der Waals surface area (Å²) in [6.07, 6.45) is 4.32. The molecule has 0 saturated heterocycles. The monoisotopic (exact) mass is 282 g/mol. The second-order valence-corrected chi connectivity index (χ2v) is 5.67. The highest BCUT2D eigenvalue weighted by atomic mass is 32.1. The van der Waals surface area contributed by atoms with Crippen LogP contribution in [0.25, 0.3) is 10.4 Å². The molecule has 1 N–H and O–H groups in total. The van der Waals surface area contributed by atoms with Crippen molar-refractivity contribution >= 4 is 17.0 Å². The van der Waals surface area contributed by atoms with E-state index in [0.29, 0.717) is 0 Å². The molecule has 3 rings (SSSR count). The van der Waals surface area contributed by atoms with Gasteiger partial charge in [-0.3, -0.25) is 0 Å². The Bertz CT molecular complexity index is 668. The number of hydrogen-bond acceptors (Lipinski definition) is 2. The van der Waals surface area contributed by atoms with E-state index in [-0.39, 0.29) is 0 Å². The fourth-order valence-electron chi connectivity index (χ4n) is 2.27. The van der Waals surface area contributed by atoms with Crippen LogP contribution < -0.4 is 5.32 Å². The molecule has 0 aliphatic carbocycles. The molecule has 0 spiro atoms. The molecular weight excluding hydrogens is 264 g/mol. The summed E-state index contributed by atoms with van der Waals surface area (Å²) < 4.78 is 2.20. The predicted molar refractivity (Wildman–Crippen MR) is 87.2 cm³/mol. The van der Waals surface area contributed by atoms with E-state index < -0.39 is 0 Å². The number of nitrogens with zero attached hydrogens (tertiary/aromatic N) is 1. The first-order valence-electron chi connectivity index (χ1n) is 6.88. The highest BCUT2D eigenvalue weighted by molar-refractivity contribution is 7.13. The molecule has 0 aliphatic rings. The normalized spacial score (nSPS) is 10.7. The van der Waals surface area contributed by atoms with Crippen molar-refractivity contribution in [3.63, 3.8) is 0 Å². The number of nitrogens with one attached hydrogen (secondary N) is 1. The SMILES string of the molecule is CCn1ccc(CNc2ccccc2-c2cccs2)c1. The zero-order valence-corrected chi connectivity index (χ0v) is 12.4. The molecule has 0 saturated carbocycles. The third-order valence-electron chi connectivity index (χ3n) is 3.37. The van der Waals surface area contributed by atoms with Gasteiger partial charge in [0.25, 0.3) is 0 Å². The van der Waals surface area contributed by atoms with E-state index in [4.69, 9.17) is 0 Å². The van der Waals surface area contributed by atoms with Crippen LogP contribution in [-0.4, -0.2) is 4.57 Å². The Morgan fingerprint density at radius 3 is 2.75 bits per heavy atom. The minimum atomic E-state index is 0.857. The van der Waals surface area contributed by atoms with E-state index >= 15 is 0 Å². The maximum Gasteiger partial charge on any atom is 0.0430 e. The van der Waals surface area contributed by atoms with Crippen LogP contribution in [0.15, 0.2) is 60.2 Å². The topological polar surface area (TPSA) is 17.0 Å². The number of anilines is 1. The summed E-state index contributed by atoms with van der Waals surface area (Å²) in [6, 6.07) is 14.9. The lowest BCUT2D eigenvalue weighted by Gasteiger charge is -2.10. The second-order valence-electron chi connectivity index (χ2n) is 4.73. The Morgan fingerprint density at radius 2 is 2.00 bits per heavy atom. The summed E-state index contributed by atoms with van der Waals surface area (Å²) in [7, 11) is 0. The van der Waals surface area contributed by atoms with Crippen molar-refractivity contribution in [3.8, 4) is 10.4 Å². The molecule has 1 aromatic carbocycles. The van der Waals surface area contributed by atoms with Crippen LogP contribution in [0.3, 0.4) is 0 Å². The standard InChI is InChI=1S/C17H18N2S/c1-2-19-10-9-14(13-19)12-18-16-7-4-3-6-15(16)17-8-5-11-20-17/h3-11,13,18H,2,12H2,1H3. The summed E-state index contributed by atoms with van der Waals surface area (Å²) in [4.78, 5) is 1.30. The largest absolute Gasteiger partial charge is 0.380 e. The Labute approximate surface area is 123 Å². The van der Waals surface area contributed by atoms with Crippen molar-refractivity contribution in [2.45, 2.75) is 20.0 Å². The molecule has 0 radical (unpaired) electrons. The fourth-order valence-corrected chi connectivity index (χ4v) is 3.04. The van der Waals surface area contributed by atoms with E-state index in [1.165, 1.54) is 21.7 Å². The molecule has 3 heteroatoms. The van der Waals surface area contributed by atoms with Crippen molar-refractivity contribution < 1.29 is 0 Å². The molecule has 2 aromatic heterocycles. The fraction of sp³-hybridized carbons (Fsp3) is 0.176. The third-order valence-corrected chi connectivity index (χ3v) is 4.28. The highest BCUT2D eigenvalue weighted by Gasteiger charge is 2.05. The first kappa shape index (κ1) is 13.0. The van der Waals surface area contributed by atoms with Gasteiger partial charge in [-0.1, -0.05) is 24.3 Å². The van der Waals surface area contributed by atoms with Gasteiger partial charge >= 0.3 is 0 Å². The van der Waals surface area contributed by atoms with Crippen molar-refractivity contribution in [2.75, 3.05) is 5.32 Å². The van der Waals surface area contributed by atoms with Gasteiger partial charge in [-0.15, -0.1) is 11.3 Å². The zero-order chi connectivity index (χ0) is 13.8. The molecule has 2 nitrogen and oxygen atoms in total. The molecule has 102 valence electrons. The Kier molecular flexibility index (Phi) is 3.88.